The molecule has 2 amide bonds. The number of carbonyl (C=O) groups is 2. The predicted molar refractivity (Wildman–Crippen MR) is 57.9 cm³/mol. The third-order valence-corrected chi connectivity index (χ3v) is 2.34. The van der Waals surface area contributed by atoms with E-state index >= 15 is 0 Å². The first kappa shape index (κ1) is 12.7. The third-order valence-electron chi connectivity index (χ3n) is 2.34. The van der Waals surface area contributed by atoms with E-state index < -0.39 is 5.97 Å². The molecule has 1 heterocycles. The van der Waals surface area contributed by atoms with Crippen molar-refractivity contribution in [1.82, 2.24) is 20.2 Å². The normalized spacial score (nSPS) is 17.6. The summed E-state index contributed by atoms with van der Waals surface area (Å²) in [6, 6.07) is -0.139. The van der Waals surface area contributed by atoms with Crippen LogP contribution in [0.1, 0.15) is 0 Å². The zero-order chi connectivity index (χ0) is 12.1. The van der Waals surface area contributed by atoms with Gasteiger partial charge in [0.2, 0.25) is 0 Å². The Morgan fingerprint density at radius 1 is 1.25 bits per heavy atom. The van der Waals surface area contributed by atoms with Crippen molar-refractivity contribution >= 4 is 12.0 Å². The summed E-state index contributed by atoms with van der Waals surface area (Å²) in [6.45, 7) is 2.38. The molecule has 1 aliphatic heterocycles. The molecule has 0 aromatic rings. The number of carbonyl (C=O) groups excluding carboxylic acids is 1. The molecule has 0 unspecified atom stereocenters. The highest BCUT2D eigenvalue weighted by Gasteiger charge is 2.22. The number of carboxylic acids is 1. The Kier molecular flexibility index (Phi) is 4.51. The van der Waals surface area contributed by atoms with Crippen molar-refractivity contribution in [2.75, 3.05) is 46.8 Å². The van der Waals surface area contributed by atoms with E-state index in [0.717, 1.165) is 0 Å². The average Bonchev–Trinajstić information content (AvgIpc) is 2.16. The quantitative estimate of drug-likeness (QED) is 0.600. The summed E-state index contributed by atoms with van der Waals surface area (Å²) in [5.74, 6) is -0.828. The Morgan fingerprint density at radius 3 is 2.25 bits per heavy atom. The summed E-state index contributed by atoms with van der Waals surface area (Å²) in [4.78, 5) is 25.6. The minimum Gasteiger partial charge on any atom is -0.480 e. The van der Waals surface area contributed by atoms with Crippen LogP contribution in [0.2, 0.25) is 0 Å². The maximum atomic E-state index is 11.6. The van der Waals surface area contributed by atoms with Crippen molar-refractivity contribution in [3.8, 4) is 0 Å². The minimum absolute atomic E-state index is 0.0448. The van der Waals surface area contributed by atoms with Gasteiger partial charge in [-0.2, -0.15) is 0 Å². The zero-order valence-electron chi connectivity index (χ0n) is 9.64. The van der Waals surface area contributed by atoms with Gasteiger partial charge in [0.1, 0.15) is 0 Å². The van der Waals surface area contributed by atoms with Crippen LogP contribution < -0.4 is 5.43 Å². The lowest BCUT2D eigenvalue weighted by atomic mass is 10.3. The predicted octanol–water partition coefficient (Wildman–Crippen LogP) is -1.13. The van der Waals surface area contributed by atoms with E-state index in [9.17, 15) is 9.59 Å². The molecule has 0 aromatic carbocycles. The minimum atomic E-state index is -0.828. The molecule has 0 aromatic heterocycles. The lowest BCUT2D eigenvalue weighted by Gasteiger charge is -2.34. The van der Waals surface area contributed by atoms with Gasteiger partial charge in [-0.15, -0.1) is 0 Å². The Morgan fingerprint density at radius 2 is 1.81 bits per heavy atom. The molecular formula is C9H18N4O3. The van der Waals surface area contributed by atoms with Gasteiger partial charge in [0.05, 0.1) is 6.54 Å². The van der Waals surface area contributed by atoms with Gasteiger partial charge in [-0.25, -0.2) is 9.80 Å². The molecular weight excluding hydrogens is 212 g/mol. The Bertz CT molecular complexity index is 261. The summed E-state index contributed by atoms with van der Waals surface area (Å²) in [6.07, 6.45) is 0. The lowest BCUT2D eigenvalue weighted by molar-refractivity contribution is -0.138. The van der Waals surface area contributed by atoms with Gasteiger partial charge < -0.3 is 10.0 Å². The molecule has 0 saturated carbocycles. The summed E-state index contributed by atoms with van der Waals surface area (Å²) in [5, 5.41) is 10.2. The number of hydrogen-bond acceptors (Lipinski definition) is 4. The van der Waals surface area contributed by atoms with Crippen molar-refractivity contribution in [3.63, 3.8) is 0 Å². The number of amides is 2. The third kappa shape index (κ3) is 4.03. The van der Waals surface area contributed by atoms with Crippen LogP contribution in [0, 0.1) is 0 Å². The molecule has 7 nitrogen and oxygen atoms in total. The maximum Gasteiger partial charge on any atom is 0.331 e. The molecule has 0 radical (unpaired) electrons. The van der Waals surface area contributed by atoms with E-state index in [0.29, 0.717) is 26.2 Å². The number of urea groups is 1. The smallest absolute Gasteiger partial charge is 0.331 e. The molecule has 92 valence electrons. The van der Waals surface area contributed by atoms with E-state index in [1.54, 1.807) is 24.0 Å². The molecule has 0 atom stereocenters. The van der Waals surface area contributed by atoms with Crippen LogP contribution in [-0.2, 0) is 4.79 Å². The topological polar surface area (TPSA) is 76.1 Å². The van der Waals surface area contributed by atoms with E-state index in [1.165, 1.54) is 0 Å². The van der Waals surface area contributed by atoms with Crippen LogP contribution in [0.25, 0.3) is 0 Å². The molecule has 1 rings (SSSR count). The SMILES string of the molecule is CN(C)NC(=O)N1CCN(CC(=O)O)CC1. The van der Waals surface area contributed by atoms with E-state index in [1.807, 2.05) is 4.90 Å². The first-order chi connectivity index (χ1) is 7.49. The Balaban J connectivity index is 2.31. The molecule has 1 aliphatic rings. The fourth-order valence-corrected chi connectivity index (χ4v) is 1.56. The summed E-state index contributed by atoms with van der Waals surface area (Å²) >= 11 is 0. The van der Waals surface area contributed by atoms with Crippen LogP contribution in [0.15, 0.2) is 0 Å². The maximum absolute atomic E-state index is 11.6. The molecule has 16 heavy (non-hydrogen) atoms. The van der Waals surface area contributed by atoms with Gasteiger partial charge in [0.15, 0.2) is 0 Å². The van der Waals surface area contributed by atoms with Crippen LogP contribution in [-0.4, -0.2) is 78.7 Å². The van der Waals surface area contributed by atoms with Crippen molar-refractivity contribution in [2.24, 2.45) is 0 Å². The molecule has 0 spiro atoms. The Hall–Kier alpha value is -1.34. The van der Waals surface area contributed by atoms with Crippen LogP contribution in [0.3, 0.4) is 0 Å². The van der Waals surface area contributed by atoms with E-state index in [-0.39, 0.29) is 12.6 Å². The zero-order valence-corrected chi connectivity index (χ0v) is 9.64. The number of nitrogens with zero attached hydrogens (tertiary/aromatic N) is 3. The second-order valence-electron chi connectivity index (χ2n) is 3.97. The van der Waals surface area contributed by atoms with Crippen molar-refractivity contribution in [2.45, 2.75) is 0 Å². The monoisotopic (exact) mass is 230 g/mol. The number of piperazine rings is 1. The fraction of sp³-hybridized carbons (Fsp3) is 0.778. The highest BCUT2D eigenvalue weighted by atomic mass is 16.4. The molecule has 0 bridgehead atoms. The van der Waals surface area contributed by atoms with Crippen molar-refractivity contribution < 1.29 is 14.7 Å². The fourth-order valence-electron chi connectivity index (χ4n) is 1.56. The summed E-state index contributed by atoms with van der Waals surface area (Å²) < 4.78 is 0. The lowest BCUT2D eigenvalue weighted by Crippen LogP contribution is -2.54. The van der Waals surface area contributed by atoms with E-state index in [4.69, 9.17) is 5.11 Å². The van der Waals surface area contributed by atoms with E-state index in [2.05, 4.69) is 5.43 Å². The van der Waals surface area contributed by atoms with Gasteiger partial charge in [0.25, 0.3) is 0 Å². The van der Waals surface area contributed by atoms with Gasteiger partial charge in [-0.1, -0.05) is 0 Å². The number of rotatable bonds is 3. The molecule has 7 heteroatoms. The first-order valence-corrected chi connectivity index (χ1v) is 5.16. The number of nitrogens with one attached hydrogen (secondary N) is 1. The number of carboxylic acid groups (broad SMARTS) is 1. The van der Waals surface area contributed by atoms with Crippen molar-refractivity contribution in [3.05, 3.63) is 0 Å². The summed E-state index contributed by atoms with van der Waals surface area (Å²) in [5.41, 5.74) is 2.65. The number of hydrazine groups is 1. The van der Waals surface area contributed by atoms with Gasteiger partial charge >= 0.3 is 12.0 Å². The highest BCUT2D eigenvalue weighted by molar-refractivity contribution is 5.73. The van der Waals surface area contributed by atoms with Crippen LogP contribution >= 0.6 is 0 Å². The standard InChI is InChI=1S/C9H18N4O3/c1-11(2)10-9(16)13-5-3-12(4-6-13)7-8(14)15/h3-7H2,1-2H3,(H,10,16)(H,14,15). The second-order valence-corrected chi connectivity index (χ2v) is 3.97. The molecule has 1 saturated heterocycles. The highest BCUT2D eigenvalue weighted by Crippen LogP contribution is 2.01. The molecule has 1 fully saturated rings. The average molecular weight is 230 g/mol. The second kappa shape index (κ2) is 5.66. The van der Waals surface area contributed by atoms with Crippen LogP contribution in [0.5, 0.6) is 0 Å². The van der Waals surface area contributed by atoms with Gasteiger partial charge in [-0.05, 0) is 0 Å². The van der Waals surface area contributed by atoms with Crippen molar-refractivity contribution in [1.29, 1.82) is 0 Å². The summed E-state index contributed by atoms with van der Waals surface area (Å²) in [7, 11) is 3.50. The first-order valence-electron chi connectivity index (χ1n) is 5.16. The largest absolute Gasteiger partial charge is 0.480 e. The van der Waals surface area contributed by atoms with Gasteiger partial charge in [-0.3, -0.25) is 15.1 Å². The molecule has 2 N–H and O–H groups in total. The molecule has 0 aliphatic carbocycles. The van der Waals surface area contributed by atoms with Gasteiger partial charge in [0, 0.05) is 40.3 Å². The number of hydrogen-bond donors (Lipinski definition) is 2. The van der Waals surface area contributed by atoms with Crippen LogP contribution in [0.4, 0.5) is 4.79 Å². The Labute approximate surface area is 94.6 Å². The number of aliphatic carboxylic acids is 1.